The van der Waals surface area contributed by atoms with E-state index in [9.17, 15) is 4.79 Å². The molecule has 0 aliphatic carbocycles. The highest BCUT2D eigenvalue weighted by atomic mass is 16.5. The van der Waals surface area contributed by atoms with Crippen molar-refractivity contribution in [2.24, 2.45) is 0 Å². The minimum absolute atomic E-state index is 0.247. The lowest BCUT2D eigenvalue weighted by Crippen LogP contribution is -2.24. The van der Waals surface area contributed by atoms with Gasteiger partial charge in [-0.25, -0.2) is 0 Å². The zero-order chi connectivity index (χ0) is 20.1. The average molecular weight is 380 g/mol. The van der Waals surface area contributed by atoms with Crippen molar-refractivity contribution in [3.05, 3.63) is 58.9 Å². The molecule has 0 radical (unpaired) electrons. The summed E-state index contributed by atoms with van der Waals surface area (Å²) in [5, 5.41) is 17.8. The van der Waals surface area contributed by atoms with Gasteiger partial charge in [0.1, 0.15) is 11.5 Å². The number of methoxy groups -OCH3 is 2. The van der Waals surface area contributed by atoms with E-state index in [1.165, 1.54) is 0 Å². The van der Waals surface area contributed by atoms with Gasteiger partial charge < -0.3 is 19.9 Å². The van der Waals surface area contributed by atoms with Gasteiger partial charge in [0, 0.05) is 11.5 Å². The molecule has 1 amide bonds. The van der Waals surface area contributed by atoms with E-state index < -0.39 is 5.92 Å². The van der Waals surface area contributed by atoms with Crippen molar-refractivity contribution in [2.45, 2.75) is 26.2 Å². The van der Waals surface area contributed by atoms with Crippen molar-refractivity contribution in [1.29, 1.82) is 0 Å². The van der Waals surface area contributed by atoms with Crippen LogP contribution in [0.15, 0.2) is 36.4 Å². The van der Waals surface area contributed by atoms with Crippen LogP contribution in [0, 0.1) is 13.8 Å². The number of carbonyl (C=O) groups is 1. The van der Waals surface area contributed by atoms with Crippen LogP contribution in [-0.4, -0.2) is 35.7 Å². The Kier molecular flexibility index (Phi) is 5.88. The number of benzene rings is 2. The van der Waals surface area contributed by atoms with Crippen molar-refractivity contribution in [2.75, 3.05) is 19.5 Å². The number of tetrazole rings is 1. The van der Waals surface area contributed by atoms with Crippen molar-refractivity contribution < 1.29 is 14.3 Å². The van der Waals surface area contributed by atoms with Crippen LogP contribution >= 0.6 is 0 Å². The fourth-order valence-corrected chi connectivity index (χ4v) is 2.90. The van der Waals surface area contributed by atoms with E-state index >= 15 is 0 Å². The number of amides is 1. The Hall–Kier alpha value is -3.42. The summed E-state index contributed by atoms with van der Waals surface area (Å²) >= 11 is 0. The van der Waals surface area contributed by atoms with Crippen LogP contribution in [0.25, 0.3) is 0 Å². The molecule has 3 aromatic rings. The Balaban J connectivity index is 1.90. The number of hydrogen-bond donors (Lipinski definition) is 1. The first kappa shape index (κ1) is 19.3. The lowest BCUT2D eigenvalue weighted by molar-refractivity contribution is -0.117. The molecule has 28 heavy (non-hydrogen) atoms. The van der Waals surface area contributed by atoms with Gasteiger partial charge in [0.25, 0.3) is 0 Å². The van der Waals surface area contributed by atoms with Crippen LogP contribution in [0.2, 0.25) is 0 Å². The molecular weight excluding hydrogens is 358 g/mol. The predicted molar refractivity (Wildman–Crippen MR) is 104 cm³/mol. The molecule has 0 saturated heterocycles. The molecule has 1 atom stereocenters. The number of nitrogens with zero attached hydrogens (tertiary/aromatic N) is 4. The molecule has 0 saturated carbocycles. The molecule has 1 N–H and O–H groups in total. The van der Waals surface area contributed by atoms with E-state index in [2.05, 4.69) is 25.9 Å². The maximum absolute atomic E-state index is 13.0. The molecular formula is C20H22N5O3-. The van der Waals surface area contributed by atoms with E-state index in [1.54, 1.807) is 26.4 Å². The minimum atomic E-state index is -0.683. The molecule has 8 nitrogen and oxygen atoms in total. The average Bonchev–Trinajstić information content (AvgIpc) is 3.23. The third-order valence-electron chi connectivity index (χ3n) is 4.65. The third kappa shape index (κ3) is 4.28. The van der Waals surface area contributed by atoms with Crippen LogP contribution in [0.3, 0.4) is 0 Å². The Morgan fingerprint density at radius 1 is 1.11 bits per heavy atom. The third-order valence-corrected chi connectivity index (χ3v) is 4.65. The van der Waals surface area contributed by atoms with E-state index in [0.717, 1.165) is 16.7 Å². The van der Waals surface area contributed by atoms with E-state index in [1.807, 2.05) is 38.1 Å². The Morgan fingerprint density at radius 3 is 2.57 bits per heavy atom. The van der Waals surface area contributed by atoms with Gasteiger partial charge in [0.05, 0.1) is 20.1 Å². The van der Waals surface area contributed by atoms with Crippen molar-refractivity contribution >= 4 is 11.6 Å². The Labute approximate surface area is 163 Å². The van der Waals surface area contributed by atoms with Gasteiger partial charge in [-0.15, -0.1) is 0 Å². The minimum Gasteiger partial charge on any atom is -0.497 e. The highest BCUT2D eigenvalue weighted by molar-refractivity contribution is 5.95. The summed E-state index contributed by atoms with van der Waals surface area (Å²) in [5.41, 5.74) is 3.76. The highest BCUT2D eigenvalue weighted by Crippen LogP contribution is 2.29. The summed E-state index contributed by atoms with van der Waals surface area (Å²) in [6.45, 7) is 4.02. The lowest BCUT2D eigenvalue weighted by Gasteiger charge is -2.19. The molecule has 0 aliphatic heterocycles. The molecule has 0 fully saturated rings. The summed E-state index contributed by atoms with van der Waals surface area (Å²) in [5.74, 6) is 0.646. The smallest absolute Gasteiger partial charge is 0.232 e. The van der Waals surface area contributed by atoms with Crippen LogP contribution in [0.1, 0.15) is 28.4 Å². The van der Waals surface area contributed by atoms with E-state index in [-0.39, 0.29) is 11.7 Å². The van der Waals surface area contributed by atoms with Gasteiger partial charge in [-0.3, -0.25) is 15.1 Å². The maximum atomic E-state index is 13.0. The van der Waals surface area contributed by atoms with Crippen molar-refractivity contribution in [3.63, 3.8) is 0 Å². The largest absolute Gasteiger partial charge is 0.497 e. The van der Waals surface area contributed by atoms with Crippen LogP contribution < -0.4 is 19.9 Å². The molecule has 0 bridgehead atoms. The normalized spacial score (nSPS) is 11.7. The van der Waals surface area contributed by atoms with Gasteiger partial charge in [-0.05, 0) is 67.3 Å². The number of aryl methyl sites for hydroxylation is 2. The number of anilines is 1. The molecule has 1 aromatic heterocycles. The number of rotatable bonds is 7. The first-order valence-electron chi connectivity index (χ1n) is 8.79. The highest BCUT2D eigenvalue weighted by Gasteiger charge is 2.23. The number of aromatic nitrogens is 4. The van der Waals surface area contributed by atoms with E-state index in [0.29, 0.717) is 23.6 Å². The molecule has 146 valence electrons. The Bertz CT molecular complexity index is 956. The fourth-order valence-electron chi connectivity index (χ4n) is 2.90. The lowest BCUT2D eigenvalue weighted by atomic mass is 9.96. The number of carbonyl (C=O) groups excluding carboxylic acids is 1. The van der Waals surface area contributed by atoms with Gasteiger partial charge >= 0.3 is 0 Å². The second-order valence-corrected chi connectivity index (χ2v) is 6.46. The molecule has 2 aromatic carbocycles. The number of hydrogen-bond acceptors (Lipinski definition) is 6. The van der Waals surface area contributed by atoms with Crippen molar-refractivity contribution in [3.8, 4) is 11.5 Å². The first-order chi connectivity index (χ1) is 13.5. The molecule has 1 heterocycles. The number of ether oxygens (including phenoxy) is 2. The zero-order valence-electron chi connectivity index (χ0n) is 16.3. The summed E-state index contributed by atoms with van der Waals surface area (Å²) in [7, 11) is 3.17. The van der Waals surface area contributed by atoms with Gasteiger partial charge in [-0.2, -0.15) is 5.21 Å². The SMILES string of the molecule is COc1ccc(OC)c(C[C@H](C(=O)Nc2ccc(C)c(C)c2)c2nnn[n-]2)c1. The molecule has 0 aliphatic rings. The summed E-state index contributed by atoms with van der Waals surface area (Å²) < 4.78 is 10.7. The second-order valence-electron chi connectivity index (χ2n) is 6.46. The maximum Gasteiger partial charge on any atom is 0.232 e. The molecule has 3 rings (SSSR count). The number of nitrogens with one attached hydrogen (secondary N) is 1. The van der Waals surface area contributed by atoms with E-state index in [4.69, 9.17) is 9.47 Å². The molecule has 8 heteroatoms. The van der Waals surface area contributed by atoms with Gasteiger partial charge in [0.15, 0.2) is 0 Å². The summed E-state index contributed by atoms with van der Waals surface area (Å²) in [4.78, 5) is 13.0. The summed E-state index contributed by atoms with van der Waals surface area (Å²) in [6, 6.07) is 11.2. The monoisotopic (exact) mass is 380 g/mol. The Morgan fingerprint density at radius 2 is 1.93 bits per heavy atom. The van der Waals surface area contributed by atoms with Crippen LogP contribution in [0.4, 0.5) is 5.69 Å². The second kappa shape index (κ2) is 8.51. The quantitative estimate of drug-likeness (QED) is 0.672. The zero-order valence-corrected chi connectivity index (χ0v) is 16.3. The topological polar surface area (TPSA) is 100 Å². The van der Waals surface area contributed by atoms with Crippen LogP contribution in [-0.2, 0) is 11.2 Å². The predicted octanol–water partition coefficient (Wildman–Crippen LogP) is 2.43. The fraction of sp³-hybridized carbons (Fsp3) is 0.300. The molecule has 0 spiro atoms. The van der Waals surface area contributed by atoms with Gasteiger partial charge in [-0.1, -0.05) is 6.07 Å². The standard InChI is InChI=1S/C20H23N5O3/c1-12-5-6-15(9-13(12)2)21-20(26)17(19-22-24-25-23-19)11-14-10-16(27-3)7-8-18(14)28-4/h5-10,17H,11H2,1-4H3,(H2,21,22,23,24,25,26)/p-1/t17-/m0/s1. The van der Waals surface area contributed by atoms with Crippen molar-refractivity contribution in [1.82, 2.24) is 20.6 Å². The summed E-state index contributed by atoms with van der Waals surface area (Å²) in [6.07, 6.45) is 0.310. The molecule has 0 unspecified atom stereocenters. The first-order valence-corrected chi connectivity index (χ1v) is 8.79. The van der Waals surface area contributed by atoms with Gasteiger partial charge in [0.2, 0.25) is 5.91 Å². The van der Waals surface area contributed by atoms with Crippen LogP contribution in [0.5, 0.6) is 11.5 Å².